The molecule has 1 aromatic heterocycles. The van der Waals surface area contributed by atoms with Crippen LogP contribution in [0.2, 0.25) is 0 Å². The Bertz CT molecular complexity index is 504. The Morgan fingerprint density at radius 3 is 2.63 bits per heavy atom. The van der Waals surface area contributed by atoms with Crippen molar-refractivity contribution >= 4 is 11.8 Å². The lowest BCUT2D eigenvalue weighted by Crippen LogP contribution is -2.09. The molecule has 1 heterocycles. The molecule has 0 unspecified atom stereocenters. The molecule has 0 aliphatic carbocycles. The largest absolute Gasteiger partial charge is 0.326 e. The standard InChI is InChI=1S/C14H20N4S/c1-11(2)8-18-14(16-10-17-18)9-19-13-5-3-12(7-15)4-6-13/h3-6,10-11H,7-9,15H2,1-2H3. The molecule has 0 radical (unpaired) electrons. The summed E-state index contributed by atoms with van der Waals surface area (Å²) in [5.41, 5.74) is 6.75. The van der Waals surface area contributed by atoms with Crippen LogP contribution in [0.1, 0.15) is 25.2 Å². The van der Waals surface area contributed by atoms with Gasteiger partial charge in [0.15, 0.2) is 0 Å². The predicted molar refractivity (Wildman–Crippen MR) is 78.8 cm³/mol. The summed E-state index contributed by atoms with van der Waals surface area (Å²) in [6.07, 6.45) is 1.63. The molecule has 2 N–H and O–H groups in total. The van der Waals surface area contributed by atoms with E-state index in [4.69, 9.17) is 5.73 Å². The molecule has 0 fully saturated rings. The van der Waals surface area contributed by atoms with Crippen LogP contribution in [0.15, 0.2) is 35.5 Å². The lowest BCUT2D eigenvalue weighted by atomic mass is 10.2. The average Bonchev–Trinajstić information content (AvgIpc) is 2.83. The summed E-state index contributed by atoms with van der Waals surface area (Å²) < 4.78 is 1.99. The van der Waals surface area contributed by atoms with Crippen molar-refractivity contribution in [3.8, 4) is 0 Å². The molecule has 0 aliphatic rings. The first-order valence-corrected chi connectivity index (χ1v) is 7.46. The van der Waals surface area contributed by atoms with Crippen molar-refractivity contribution in [1.29, 1.82) is 0 Å². The van der Waals surface area contributed by atoms with Crippen molar-refractivity contribution in [3.63, 3.8) is 0 Å². The fourth-order valence-corrected chi connectivity index (χ4v) is 2.62. The maximum atomic E-state index is 5.59. The van der Waals surface area contributed by atoms with E-state index in [0.717, 1.165) is 23.7 Å². The number of benzene rings is 1. The van der Waals surface area contributed by atoms with Gasteiger partial charge in [-0.1, -0.05) is 26.0 Å². The van der Waals surface area contributed by atoms with E-state index in [9.17, 15) is 0 Å². The quantitative estimate of drug-likeness (QED) is 0.824. The molecule has 1 aromatic carbocycles. The van der Waals surface area contributed by atoms with Crippen LogP contribution >= 0.6 is 11.8 Å². The van der Waals surface area contributed by atoms with Crippen molar-refractivity contribution in [3.05, 3.63) is 42.0 Å². The van der Waals surface area contributed by atoms with Crippen molar-refractivity contribution in [2.24, 2.45) is 11.7 Å². The van der Waals surface area contributed by atoms with Crippen LogP contribution in [0, 0.1) is 5.92 Å². The maximum absolute atomic E-state index is 5.59. The second-order valence-corrected chi connectivity index (χ2v) is 5.94. The lowest BCUT2D eigenvalue weighted by molar-refractivity contribution is 0.472. The van der Waals surface area contributed by atoms with Crippen LogP contribution in [-0.2, 0) is 18.8 Å². The molecule has 4 nitrogen and oxygen atoms in total. The van der Waals surface area contributed by atoms with Crippen LogP contribution < -0.4 is 5.73 Å². The van der Waals surface area contributed by atoms with Gasteiger partial charge in [0.25, 0.3) is 0 Å². The second-order valence-electron chi connectivity index (χ2n) is 4.89. The van der Waals surface area contributed by atoms with Crippen molar-refractivity contribution in [2.45, 2.75) is 37.6 Å². The fraction of sp³-hybridized carbons (Fsp3) is 0.429. The van der Waals surface area contributed by atoms with E-state index in [2.05, 4.69) is 48.2 Å². The topological polar surface area (TPSA) is 56.7 Å². The van der Waals surface area contributed by atoms with Gasteiger partial charge in [-0.05, 0) is 23.6 Å². The number of rotatable bonds is 6. The van der Waals surface area contributed by atoms with Crippen LogP contribution in [0.3, 0.4) is 0 Å². The molecule has 0 saturated carbocycles. The number of hydrogen-bond donors (Lipinski definition) is 1. The fourth-order valence-electron chi connectivity index (χ4n) is 1.77. The van der Waals surface area contributed by atoms with Gasteiger partial charge in [-0.25, -0.2) is 9.67 Å². The summed E-state index contributed by atoms with van der Waals surface area (Å²) in [7, 11) is 0. The molecule has 0 atom stereocenters. The molecular formula is C14H20N4S. The van der Waals surface area contributed by atoms with Crippen LogP contribution in [0.25, 0.3) is 0 Å². The van der Waals surface area contributed by atoms with Crippen LogP contribution in [0.5, 0.6) is 0 Å². The minimum atomic E-state index is 0.578. The third kappa shape index (κ3) is 4.08. The number of thioether (sulfide) groups is 1. The highest BCUT2D eigenvalue weighted by Gasteiger charge is 2.06. The van der Waals surface area contributed by atoms with Crippen molar-refractivity contribution in [1.82, 2.24) is 14.8 Å². The van der Waals surface area contributed by atoms with Gasteiger partial charge in [0, 0.05) is 18.0 Å². The van der Waals surface area contributed by atoms with Gasteiger partial charge in [0.05, 0.1) is 5.75 Å². The molecule has 5 heteroatoms. The summed E-state index contributed by atoms with van der Waals surface area (Å²) in [5.74, 6) is 2.45. The Kier molecular flexibility index (Phi) is 4.99. The summed E-state index contributed by atoms with van der Waals surface area (Å²) in [6.45, 7) is 5.88. The summed E-state index contributed by atoms with van der Waals surface area (Å²) >= 11 is 1.77. The van der Waals surface area contributed by atoms with Crippen molar-refractivity contribution in [2.75, 3.05) is 0 Å². The normalized spacial score (nSPS) is 11.2. The highest BCUT2D eigenvalue weighted by molar-refractivity contribution is 7.98. The van der Waals surface area contributed by atoms with Gasteiger partial charge in [-0.15, -0.1) is 11.8 Å². The van der Waals surface area contributed by atoms with Gasteiger partial charge in [0.1, 0.15) is 12.2 Å². The summed E-state index contributed by atoms with van der Waals surface area (Å²) in [6, 6.07) is 8.36. The lowest BCUT2D eigenvalue weighted by Gasteiger charge is -2.08. The van der Waals surface area contributed by atoms with E-state index in [0.29, 0.717) is 12.5 Å². The molecule has 2 rings (SSSR count). The second kappa shape index (κ2) is 6.73. The Balaban J connectivity index is 1.96. The van der Waals surface area contributed by atoms with Gasteiger partial charge in [-0.3, -0.25) is 0 Å². The van der Waals surface area contributed by atoms with E-state index >= 15 is 0 Å². The Morgan fingerprint density at radius 1 is 1.26 bits per heavy atom. The van der Waals surface area contributed by atoms with Crippen LogP contribution in [0.4, 0.5) is 0 Å². The first-order valence-electron chi connectivity index (χ1n) is 6.47. The van der Waals surface area contributed by atoms with Gasteiger partial charge < -0.3 is 5.73 Å². The van der Waals surface area contributed by atoms with E-state index in [1.807, 2.05) is 4.68 Å². The molecule has 0 bridgehead atoms. The number of nitrogens with zero attached hydrogens (tertiary/aromatic N) is 3. The predicted octanol–water partition coefficient (Wildman–Crippen LogP) is 2.69. The first-order chi connectivity index (χ1) is 9.19. The minimum Gasteiger partial charge on any atom is -0.326 e. The average molecular weight is 276 g/mol. The third-order valence-corrected chi connectivity index (χ3v) is 3.77. The minimum absolute atomic E-state index is 0.578. The molecule has 2 aromatic rings. The molecular weight excluding hydrogens is 256 g/mol. The van der Waals surface area contributed by atoms with E-state index in [-0.39, 0.29) is 0 Å². The number of hydrogen-bond acceptors (Lipinski definition) is 4. The Morgan fingerprint density at radius 2 is 2.00 bits per heavy atom. The number of nitrogens with two attached hydrogens (primary N) is 1. The zero-order chi connectivity index (χ0) is 13.7. The van der Waals surface area contributed by atoms with Gasteiger partial charge in [-0.2, -0.15) is 5.10 Å². The number of aromatic nitrogens is 3. The van der Waals surface area contributed by atoms with E-state index in [1.165, 1.54) is 4.90 Å². The van der Waals surface area contributed by atoms with Crippen molar-refractivity contribution < 1.29 is 0 Å². The highest BCUT2D eigenvalue weighted by Crippen LogP contribution is 2.22. The van der Waals surface area contributed by atoms with E-state index in [1.54, 1.807) is 18.1 Å². The smallest absolute Gasteiger partial charge is 0.138 e. The first kappa shape index (κ1) is 14.1. The zero-order valence-electron chi connectivity index (χ0n) is 11.4. The van der Waals surface area contributed by atoms with E-state index < -0.39 is 0 Å². The molecule has 0 saturated heterocycles. The summed E-state index contributed by atoms with van der Waals surface area (Å²) in [5, 5.41) is 4.27. The monoisotopic (exact) mass is 276 g/mol. The van der Waals surface area contributed by atoms with Crippen LogP contribution in [-0.4, -0.2) is 14.8 Å². The third-order valence-electron chi connectivity index (χ3n) is 2.76. The maximum Gasteiger partial charge on any atom is 0.138 e. The molecule has 0 aliphatic heterocycles. The molecule has 0 amide bonds. The van der Waals surface area contributed by atoms with Gasteiger partial charge in [0.2, 0.25) is 0 Å². The molecule has 102 valence electrons. The molecule has 0 spiro atoms. The Labute approximate surface area is 118 Å². The zero-order valence-corrected chi connectivity index (χ0v) is 12.2. The summed E-state index contributed by atoms with van der Waals surface area (Å²) in [4.78, 5) is 5.56. The SMILES string of the molecule is CC(C)Cn1ncnc1CSc1ccc(CN)cc1. The van der Waals surface area contributed by atoms with Gasteiger partial charge >= 0.3 is 0 Å². The Hall–Kier alpha value is -1.33. The molecule has 19 heavy (non-hydrogen) atoms. The highest BCUT2D eigenvalue weighted by atomic mass is 32.2.